The van der Waals surface area contributed by atoms with Crippen LogP contribution < -0.4 is 9.47 Å². The largest absolute Gasteiger partial charge is 0.454 e. The number of fused-ring (bicyclic) bond motifs is 2. The molecule has 0 fully saturated rings. The molecule has 0 aliphatic carbocycles. The van der Waals surface area contributed by atoms with Crippen molar-refractivity contribution in [3.8, 4) is 11.5 Å². The van der Waals surface area contributed by atoms with Crippen molar-refractivity contribution in [2.45, 2.75) is 39.2 Å². The highest BCUT2D eigenvalue weighted by Crippen LogP contribution is 2.37. The van der Waals surface area contributed by atoms with Gasteiger partial charge >= 0.3 is 0 Å². The van der Waals surface area contributed by atoms with Crippen molar-refractivity contribution in [1.29, 1.82) is 0 Å². The van der Waals surface area contributed by atoms with E-state index in [1.807, 2.05) is 42.5 Å². The monoisotopic (exact) mass is 350 g/mol. The van der Waals surface area contributed by atoms with Crippen LogP contribution in [0, 0.1) is 0 Å². The Balaban J connectivity index is 1.90. The van der Waals surface area contributed by atoms with Gasteiger partial charge in [-0.15, -0.1) is 0 Å². The lowest BCUT2D eigenvalue weighted by Crippen LogP contribution is -2.36. The third-order valence-corrected chi connectivity index (χ3v) is 4.99. The van der Waals surface area contributed by atoms with Crippen LogP contribution in [0.25, 0.3) is 0 Å². The van der Waals surface area contributed by atoms with Gasteiger partial charge in [-0.05, 0) is 30.5 Å². The van der Waals surface area contributed by atoms with Gasteiger partial charge in [0.1, 0.15) is 0 Å². The molecule has 1 amide bonds. The van der Waals surface area contributed by atoms with Crippen LogP contribution in [0.1, 0.15) is 43.4 Å². The summed E-state index contributed by atoms with van der Waals surface area (Å²) in [6.07, 6.45) is 2.04. The number of benzene rings is 2. The first-order valence-corrected chi connectivity index (χ1v) is 9.10. The molecule has 2 aliphatic rings. The van der Waals surface area contributed by atoms with Gasteiger partial charge in [0.2, 0.25) is 12.7 Å². The minimum Gasteiger partial charge on any atom is -0.454 e. The Kier molecular flexibility index (Phi) is 4.37. The van der Waals surface area contributed by atoms with E-state index in [-0.39, 0.29) is 18.7 Å². The van der Waals surface area contributed by atoms with Crippen molar-refractivity contribution in [2.75, 3.05) is 6.79 Å². The van der Waals surface area contributed by atoms with E-state index in [2.05, 4.69) is 13.8 Å². The number of rotatable bonds is 4. The SMILES string of the molecule is CCC(CC)N1N=C(c2ccccc2)c2cc3c(cc2CC1=O)OCO3. The lowest BCUT2D eigenvalue weighted by Gasteiger charge is -2.25. The molecule has 0 radical (unpaired) electrons. The Bertz CT molecular complexity index is 857. The lowest BCUT2D eigenvalue weighted by molar-refractivity contribution is -0.132. The lowest BCUT2D eigenvalue weighted by atomic mass is 9.95. The minimum absolute atomic E-state index is 0.0183. The molecule has 0 aromatic heterocycles. The number of carbonyl (C=O) groups is 1. The van der Waals surface area contributed by atoms with Crippen molar-refractivity contribution in [1.82, 2.24) is 5.01 Å². The summed E-state index contributed by atoms with van der Waals surface area (Å²) < 4.78 is 11.1. The van der Waals surface area contributed by atoms with Crippen LogP contribution in [0.2, 0.25) is 0 Å². The number of hydrazone groups is 1. The van der Waals surface area contributed by atoms with Crippen molar-refractivity contribution in [3.63, 3.8) is 0 Å². The molecule has 0 atom stereocenters. The predicted molar refractivity (Wildman–Crippen MR) is 99.6 cm³/mol. The highest BCUT2D eigenvalue weighted by atomic mass is 16.7. The van der Waals surface area contributed by atoms with Gasteiger partial charge in [0.05, 0.1) is 18.2 Å². The van der Waals surface area contributed by atoms with E-state index < -0.39 is 0 Å². The molecule has 0 unspecified atom stereocenters. The van der Waals surface area contributed by atoms with E-state index in [9.17, 15) is 4.79 Å². The quantitative estimate of drug-likeness (QED) is 0.844. The molecule has 0 bridgehead atoms. The number of ether oxygens (including phenoxy) is 2. The van der Waals surface area contributed by atoms with Gasteiger partial charge in [0, 0.05) is 11.1 Å². The van der Waals surface area contributed by atoms with Crippen LogP contribution in [0.15, 0.2) is 47.6 Å². The van der Waals surface area contributed by atoms with Gasteiger partial charge in [0.25, 0.3) is 0 Å². The maximum Gasteiger partial charge on any atom is 0.247 e. The molecule has 0 saturated carbocycles. The maximum atomic E-state index is 13.0. The molecule has 5 heteroatoms. The van der Waals surface area contributed by atoms with E-state index in [1.165, 1.54) is 0 Å². The Morgan fingerprint density at radius 3 is 2.46 bits per heavy atom. The highest BCUT2D eigenvalue weighted by Gasteiger charge is 2.30. The molecule has 2 aliphatic heterocycles. The van der Waals surface area contributed by atoms with Crippen LogP contribution in [-0.4, -0.2) is 29.5 Å². The van der Waals surface area contributed by atoms with Gasteiger partial charge in [-0.25, -0.2) is 5.01 Å². The summed E-state index contributed by atoms with van der Waals surface area (Å²) in [6.45, 7) is 4.39. The van der Waals surface area contributed by atoms with Crippen LogP contribution >= 0.6 is 0 Å². The molecule has 2 heterocycles. The standard InChI is InChI=1S/C21H22N2O3/c1-3-16(4-2)23-20(24)11-15-10-18-19(26-13-25-18)12-17(15)21(22-23)14-8-6-5-7-9-14/h5-10,12,16H,3-4,11,13H2,1-2H3. The first-order valence-electron chi connectivity index (χ1n) is 9.10. The van der Waals surface area contributed by atoms with Gasteiger partial charge < -0.3 is 9.47 Å². The summed E-state index contributed by atoms with van der Waals surface area (Å²) in [5.74, 6) is 1.42. The van der Waals surface area contributed by atoms with Crippen LogP contribution in [0.3, 0.4) is 0 Å². The minimum atomic E-state index is 0.0183. The fourth-order valence-electron chi connectivity index (χ4n) is 3.54. The second-order valence-corrected chi connectivity index (χ2v) is 6.56. The van der Waals surface area contributed by atoms with Crippen molar-refractivity contribution >= 4 is 11.6 Å². The smallest absolute Gasteiger partial charge is 0.247 e. The van der Waals surface area contributed by atoms with Crippen molar-refractivity contribution in [3.05, 3.63) is 59.2 Å². The summed E-state index contributed by atoms with van der Waals surface area (Å²) >= 11 is 0. The molecule has 0 spiro atoms. The summed E-state index contributed by atoms with van der Waals surface area (Å²) in [4.78, 5) is 13.0. The summed E-state index contributed by atoms with van der Waals surface area (Å²) in [5, 5.41) is 6.52. The first-order chi connectivity index (χ1) is 12.7. The summed E-state index contributed by atoms with van der Waals surface area (Å²) in [5.41, 5.74) is 3.65. The van der Waals surface area contributed by atoms with Gasteiger partial charge in [-0.2, -0.15) is 5.10 Å². The number of carbonyl (C=O) groups excluding carboxylic acids is 1. The molecule has 0 saturated heterocycles. The third-order valence-electron chi connectivity index (χ3n) is 4.99. The summed E-state index contributed by atoms with van der Waals surface area (Å²) in [7, 11) is 0. The maximum absolute atomic E-state index is 13.0. The van der Waals surface area contributed by atoms with Crippen LogP contribution in [0.4, 0.5) is 0 Å². The third kappa shape index (κ3) is 2.83. The molecule has 2 aromatic rings. The average molecular weight is 350 g/mol. The topological polar surface area (TPSA) is 51.1 Å². The number of hydrogen-bond donors (Lipinski definition) is 0. The molecular weight excluding hydrogens is 328 g/mol. The second-order valence-electron chi connectivity index (χ2n) is 6.56. The molecular formula is C21H22N2O3. The molecule has 134 valence electrons. The fourth-order valence-corrected chi connectivity index (χ4v) is 3.54. The predicted octanol–water partition coefficient (Wildman–Crippen LogP) is 3.74. The van der Waals surface area contributed by atoms with E-state index in [4.69, 9.17) is 14.6 Å². The highest BCUT2D eigenvalue weighted by molar-refractivity contribution is 6.15. The van der Waals surface area contributed by atoms with E-state index in [0.717, 1.165) is 35.2 Å². The van der Waals surface area contributed by atoms with Crippen LogP contribution in [0.5, 0.6) is 11.5 Å². The zero-order valence-corrected chi connectivity index (χ0v) is 15.1. The number of amides is 1. The van der Waals surface area contributed by atoms with Gasteiger partial charge in [-0.3, -0.25) is 4.79 Å². The van der Waals surface area contributed by atoms with E-state index in [1.54, 1.807) is 5.01 Å². The average Bonchev–Trinajstić information content (AvgIpc) is 3.07. The Morgan fingerprint density at radius 1 is 1.08 bits per heavy atom. The van der Waals surface area contributed by atoms with Crippen molar-refractivity contribution in [2.24, 2.45) is 5.10 Å². The number of hydrogen-bond acceptors (Lipinski definition) is 4. The number of nitrogens with zero attached hydrogens (tertiary/aromatic N) is 2. The zero-order valence-electron chi connectivity index (χ0n) is 15.1. The van der Waals surface area contributed by atoms with Crippen LogP contribution in [-0.2, 0) is 11.2 Å². The Morgan fingerprint density at radius 2 is 1.77 bits per heavy atom. The molecule has 26 heavy (non-hydrogen) atoms. The Hall–Kier alpha value is -2.82. The second kappa shape index (κ2) is 6.83. The molecule has 2 aromatic carbocycles. The van der Waals surface area contributed by atoms with Gasteiger partial charge in [-0.1, -0.05) is 44.2 Å². The summed E-state index contributed by atoms with van der Waals surface area (Å²) in [6, 6.07) is 14.0. The van der Waals surface area contributed by atoms with E-state index >= 15 is 0 Å². The molecule has 0 N–H and O–H groups in total. The Labute approximate surface area is 153 Å². The molecule has 4 rings (SSSR count). The zero-order chi connectivity index (χ0) is 18.1. The van der Waals surface area contributed by atoms with Gasteiger partial charge in [0.15, 0.2) is 11.5 Å². The van der Waals surface area contributed by atoms with Crippen molar-refractivity contribution < 1.29 is 14.3 Å². The molecule has 5 nitrogen and oxygen atoms in total. The fraction of sp³-hybridized carbons (Fsp3) is 0.333. The normalized spacial score (nSPS) is 15.7. The first kappa shape index (κ1) is 16.6. The van der Waals surface area contributed by atoms with E-state index in [0.29, 0.717) is 17.9 Å².